The Morgan fingerprint density at radius 3 is 2.90 bits per heavy atom. The molecule has 0 spiro atoms. The molecule has 1 atom stereocenters. The lowest BCUT2D eigenvalue weighted by atomic mass is 9.96. The second-order valence-electron chi connectivity index (χ2n) is 7.48. The van der Waals surface area contributed by atoms with E-state index >= 15 is 0 Å². The fourth-order valence-corrected chi connectivity index (χ4v) is 3.90. The van der Waals surface area contributed by atoms with Gasteiger partial charge in [-0.2, -0.15) is 14.7 Å². The standard InChI is InChI=1S/C20H26N8S/c1-13(2)26-29-14(3)24-19-8-18(15-6-5-7-21-9-15)25-20-17(11-23-28(19)20)16-10-22-27(4)12-16/h8,10-12,15,21,24H,3,5-7,9H2,1-2,4H3. The van der Waals surface area contributed by atoms with Crippen molar-refractivity contribution in [3.63, 3.8) is 0 Å². The average molecular weight is 411 g/mol. The topological polar surface area (TPSA) is 84.4 Å². The van der Waals surface area contributed by atoms with Crippen molar-refractivity contribution in [2.24, 2.45) is 11.4 Å². The Labute approximate surface area is 174 Å². The summed E-state index contributed by atoms with van der Waals surface area (Å²) in [4.78, 5) is 5.01. The van der Waals surface area contributed by atoms with Gasteiger partial charge < -0.3 is 10.6 Å². The summed E-state index contributed by atoms with van der Waals surface area (Å²) in [7, 11) is 1.91. The largest absolute Gasteiger partial charge is 0.334 e. The number of hydrogen-bond donors (Lipinski definition) is 2. The highest BCUT2D eigenvalue weighted by Crippen LogP contribution is 2.30. The fraction of sp³-hybridized carbons (Fsp3) is 0.400. The molecule has 1 saturated heterocycles. The molecule has 3 aromatic rings. The summed E-state index contributed by atoms with van der Waals surface area (Å²) in [5, 5.41) is 16.5. The van der Waals surface area contributed by atoms with E-state index in [1.807, 2.05) is 44.0 Å². The van der Waals surface area contributed by atoms with Gasteiger partial charge in [-0.15, -0.1) is 0 Å². The van der Waals surface area contributed by atoms with Crippen LogP contribution in [0.25, 0.3) is 16.8 Å². The summed E-state index contributed by atoms with van der Waals surface area (Å²) in [6.07, 6.45) is 7.95. The van der Waals surface area contributed by atoms with Gasteiger partial charge in [-0.1, -0.05) is 6.58 Å². The molecule has 3 aromatic heterocycles. The molecule has 8 nitrogen and oxygen atoms in total. The number of anilines is 1. The normalized spacial score (nSPS) is 16.7. The first-order chi connectivity index (χ1) is 14.0. The predicted octanol–water partition coefficient (Wildman–Crippen LogP) is 3.61. The van der Waals surface area contributed by atoms with Gasteiger partial charge in [0.2, 0.25) is 0 Å². The number of rotatable bonds is 6. The summed E-state index contributed by atoms with van der Waals surface area (Å²) >= 11 is 1.33. The van der Waals surface area contributed by atoms with Crippen molar-refractivity contribution in [3.05, 3.63) is 42.0 Å². The van der Waals surface area contributed by atoms with Gasteiger partial charge in [-0.25, -0.2) is 9.38 Å². The van der Waals surface area contributed by atoms with Crippen LogP contribution in [0.15, 0.2) is 40.7 Å². The quantitative estimate of drug-likeness (QED) is 0.477. The molecule has 0 saturated carbocycles. The second-order valence-corrected chi connectivity index (χ2v) is 8.34. The molecule has 1 aliphatic heterocycles. The first-order valence-electron chi connectivity index (χ1n) is 9.74. The Balaban J connectivity index is 1.77. The molecule has 9 heteroatoms. The Morgan fingerprint density at radius 1 is 1.34 bits per heavy atom. The Bertz CT molecular complexity index is 1050. The van der Waals surface area contributed by atoms with Crippen LogP contribution in [0.3, 0.4) is 0 Å². The van der Waals surface area contributed by atoms with Crippen LogP contribution < -0.4 is 10.6 Å². The molecule has 0 aromatic carbocycles. The van der Waals surface area contributed by atoms with Crippen LogP contribution in [0.5, 0.6) is 0 Å². The number of aromatic nitrogens is 5. The third-order valence-corrected chi connectivity index (χ3v) is 5.61. The van der Waals surface area contributed by atoms with E-state index < -0.39 is 0 Å². The highest BCUT2D eigenvalue weighted by atomic mass is 32.2. The first-order valence-corrected chi connectivity index (χ1v) is 10.5. The number of aryl methyl sites for hydroxylation is 1. The van der Waals surface area contributed by atoms with E-state index in [2.05, 4.69) is 37.9 Å². The molecule has 0 amide bonds. The van der Waals surface area contributed by atoms with Gasteiger partial charge in [-0.05, 0) is 33.2 Å². The summed E-state index contributed by atoms with van der Waals surface area (Å²) < 4.78 is 7.99. The highest BCUT2D eigenvalue weighted by Gasteiger charge is 2.21. The van der Waals surface area contributed by atoms with Gasteiger partial charge in [0.25, 0.3) is 0 Å². The SMILES string of the molecule is C=C(Nc1cc(C2CCCNC2)nc2c(-c3cnn(C)c3)cnn12)SN=C(C)C. The van der Waals surface area contributed by atoms with Crippen LogP contribution in [0.4, 0.5) is 5.82 Å². The number of fused-ring (bicyclic) bond motifs is 1. The molecule has 1 aliphatic rings. The molecule has 0 aliphatic carbocycles. The molecule has 4 rings (SSSR count). The monoisotopic (exact) mass is 410 g/mol. The lowest BCUT2D eigenvalue weighted by Gasteiger charge is -2.23. The predicted molar refractivity (Wildman–Crippen MR) is 119 cm³/mol. The Hall–Kier alpha value is -2.65. The van der Waals surface area contributed by atoms with Gasteiger partial charge in [0.1, 0.15) is 5.82 Å². The zero-order valence-electron chi connectivity index (χ0n) is 17.0. The van der Waals surface area contributed by atoms with E-state index in [0.717, 1.165) is 65.0 Å². The summed E-state index contributed by atoms with van der Waals surface area (Å²) in [6.45, 7) is 10.0. The fourth-order valence-electron chi connectivity index (χ4n) is 3.46. The molecule has 1 unspecified atom stereocenters. The van der Waals surface area contributed by atoms with E-state index in [1.165, 1.54) is 11.9 Å². The number of hydrogen-bond acceptors (Lipinski definition) is 7. The maximum atomic E-state index is 5.01. The molecule has 0 radical (unpaired) electrons. The van der Waals surface area contributed by atoms with Crippen LogP contribution in [-0.4, -0.2) is 43.2 Å². The minimum absolute atomic E-state index is 0.378. The molecule has 1 fully saturated rings. The van der Waals surface area contributed by atoms with Crippen molar-refractivity contribution in [2.45, 2.75) is 32.6 Å². The van der Waals surface area contributed by atoms with E-state index in [-0.39, 0.29) is 0 Å². The summed E-state index contributed by atoms with van der Waals surface area (Å²) in [5.41, 5.74) is 4.83. The van der Waals surface area contributed by atoms with Gasteiger partial charge >= 0.3 is 0 Å². The molecular formula is C20H26N8S. The maximum absolute atomic E-state index is 5.01. The maximum Gasteiger partial charge on any atom is 0.165 e. The van der Waals surface area contributed by atoms with Crippen molar-refractivity contribution >= 4 is 29.1 Å². The summed E-state index contributed by atoms with van der Waals surface area (Å²) in [6, 6.07) is 2.08. The van der Waals surface area contributed by atoms with Crippen LogP contribution in [-0.2, 0) is 7.05 Å². The third-order valence-electron chi connectivity index (χ3n) is 4.83. The smallest absolute Gasteiger partial charge is 0.165 e. The molecule has 152 valence electrons. The average Bonchev–Trinajstić information content (AvgIpc) is 3.33. The lowest BCUT2D eigenvalue weighted by molar-refractivity contribution is 0.455. The van der Waals surface area contributed by atoms with Crippen LogP contribution in [0.1, 0.15) is 38.3 Å². The number of nitrogens with zero attached hydrogens (tertiary/aromatic N) is 6. The molecular weight excluding hydrogens is 384 g/mol. The van der Waals surface area contributed by atoms with Crippen LogP contribution in [0, 0.1) is 0 Å². The zero-order chi connectivity index (χ0) is 20.4. The van der Waals surface area contributed by atoms with Gasteiger partial charge in [0.05, 0.1) is 23.1 Å². The zero-order valence-corrected chi connectivity index (χ0v) is 17.8. The number of piperidine rings is 1. The number of nitrogens with one attached hydrogen (secondary N) is 2. The van der Waals surface area contributed by atoms with E-state index in [9.17, 15) is 0 Å². The van der Waals surface area contributed by atoms with Crippen LogP contribution >= 0.6 is 11.9 Å². The lowest BCUT2D eigenvalue weighted by Crippen LogP contribution is -2.29. The third kappa shape index (κ3) is 4.35. The molecule has 0 bridgehead atoms. The van der Waals surface area contributed by atoms with Crippen molar-refractivity contribution < 1.29 is 0 Å². The first kappa shape index (κ1) is 19.7. The van der Waals surface area contributed by atoms with E-state index in [1.54, 1.807) is 4.68 Å². The van der Waals surface area contributed by atoms with Gasteiger partial charge in [0.15, 0.2) is 5.65 Å². The van der Waals surface area contributed by atoms with Gasteiger partial charge in [0, 0.05) is 60.6 Å². The van der Waals surface area contributed by atoms with Gasteiger partial charge in [-0.3, -0.25) is 4.68 Å². The summed E-state index contributed by atoms with van der Waals surface area (Å²) in [5.74, 6) is 1.22. The highest BCUT2D eigenvalue weighted by molar-refractivity contribution is 8.02. The van der Waals surface area contributed by atoms with E-state index in [4.69, 9.17) is 4.98 Å². The Kier molecular flexibility index (Phi) is 5.68. The Morgan fingerprint density at radius 2 is 2.21 bits per heavy atom. The second kappa shape index (κ2) is 8.38. The van der Waals surface area contributed by atoms with Crippen LogP contribution in [0.2, 0.25) is 0 Å². The minimum atomic E-state index is 0.378. The van der Waals surface area contributed by atoms with Crippen molar-refractivity contribution in [2.75, 3.05) is 18.4 Å². The minimum Gasteiger partial charge on any atom is -0.334 e. The van der Waals surface area contributed by atoms with Crippen molar-refractivity contribution in [3.8, 4) is 11.1 Å². The van der Waals surface area contributed by atoms with Crippen molar-refractivity contribution in [1.29, 1.82) is 0 Å². The molecule has 29 heavy (non-hydrogen) atoms. The molecule has 4 heterocycles. The van der Waals surface area contributed by atoms with E-state index in [0.29, 0.717) is 5.92 Å². The molecule has 2 N–H and O–H groups in total. The van der Waals surface area contributed by atoms with Crippen molar-refractivity contribution in [1.82, 2.24) is 29.7 Å².